The predicted molar refractivity (Wildman–Crippen MR) is 85.8 cm³/mol. The third-order valence-corrected chi connectivity index (χ3v) is 4.08. The maximum Gasteiger partial charge on any atom is 0.328 e. The molecule has 0 spiro atoms. The maximum absolute atomic E-state index is 9.55. The van der Waals surface area contributed by atoms with Gasteiger partial charge in [-0.25, -0.2) is 14.6 Å². The summed E-state index contributed by atoms with van der Waals surface area (Å²) in [7, 11) is 0. The van der Waals surface area contributed by atoms with Gasteiger partial charge in [0.2, 0.25) is 0 Å². The van der Waals surface area contributed by atoms with Crippen LogP contribution in [0.15, 0.2) is 30.5 Å². The zero-order valence-electron chi connectivity index (χ0n) is 12.4. The van der Waals surface area contributed by atoms with Gasteiger partial charge in [-0.1, -0.05) is 11.6 Å². The van der Waals surface area contributed by atoms with E-state index in [1.165, 1.54) is 18.7 Å². The van der Waals surface area contributed by atoms with Crippen LogP contribution in [-0.2, 0) is 9.59 Å². The van der Waals surface area contributed by atoms with E-state index in [0.717, 1.165) is 19.0 Å². The Morgan fingerprint density at radius 2 is 1.96 bits per heavy atom. The van der Waals surface area contributed by atoms with Gasteiger partial charge in [-0.15, -0.1) is 0 Å². The quantitative estimate of drug-likeness (QED) is 0.562. The number of fused-ring (bicyclic) bond motifs is 1. The first-order chi connectivity index (χ1) is 11.0. The van der Waals surface area contributed by atoms with Gasteiger partial charge in [-0.2, -0.15) is 0 Å². The summed E-state index contributed by atoms with van der Waals surface area (Å²) in [4.78, 5) is 25.7. The molecule has 1 aromatic rings. The second-order valence-corrected chi connectivity index (χ2v) is 5.70. The molecule has 124 valence electrons. The number of hydrogen-bond donors (Lipinski definition) is 3. The van der Waals surface area contributed by atoms with E-state index in [0.29, 0.717) is 23.3 Å². The molecular formula is C15H18ClN3O4. The van der Waals surface area contributed by atoms with Gasteiger partial charge < -0.3 is 20.4 Å². The Balaban J connectivity index is 0.000000207. The second kappa shape index (κ2) is 7.94. The third kappa shape index (κ3) is 4.94. The molecule has 3 rings (SSSR count). The van der Waals surface area contributed by atoms with Gasteiger partial charge in [0.25, 0.3) is 0 Å². The van der Waals surface area contributed by atoms with Crippen LogP contribution in [0, 0.1) is 5.92 Å². The first-order valence-electron chi connectivity index (χ1n) is 7.20. The number of rotatable bonds is 3. The van der Waals surface area contributed by atoms with Crippen molar-refractivity contribution in [2.24, 2.45) is 5.92 Å². The van der Waals surface area contributed by atoms with Crippen molar-refractivity contribution in [3.63, 3.8) is 0 Å². The Hall–Kier alpha value is -2.12. The number of anilines is 1. The highest BCUT2D eigenvalue weighted by Gasteiger charge is 2.37. The molecule has 2 atom stereocenters. The number of carboxylic acid groups (broad SMARTS) is 2. The number of halogens is 1. The van der Waals surface area contributed by atoms with Crippen LogP contribution in [0.3, 0.4) is 0 Å². The lowest BCUT2D eigenvalue weighted by atomic mass is 10.1. The molecule has 3 heterocycles. The topological polar surface area (TPSA) is 103 Å². The fourth-order valence-electron chi connectivity index (χ4n) is 2.85. The van der Waals surface area contributed by atoms with Crippen molar-refractivity contribution in [3.8, 4) is 0 Å². The molecule has 0 unspecified atom stereocenters. The largest absolute Gasteiger partial charge is 0.478 e. The molecule has 1 aromatic heterocycles. The Labute approximate surface area is 138 Å². The van der Waals surface area contributed by atoms with Crippen LogP contribution < -0.4 is 10.2 Å². The molecule has 0 radical (unpaired) electrons. The van der Waals surface area contributed by atoms with Gasteiger partial charge in [-0.05, 0) is 24.5 Å². The monoisotopic (exact) mass is 339 g/mol. The van der Waals surface area contributed by atoms with Crippen LogP contribution >= 0.6 is 11.6 Å². The summed E-state index contributed by atoms with van der Waals surface area (Å²) < 4.78 is 0. The lowest BCUT2D eigenvalue weighted by Crippen LogP contribution is -2.34. The van der Waals surface area contributed by atoms with Crippen LogP contribution in [0.2, 0.25) is 5.15 Å². The Bertz CT molecular complexity index is 575. The molecule has 23 heavy (non-hydrogen) atoms. The maximum atomic E-state index is 9.55. The van der Waals surface area contributed by atoms with Crippen LogP contribution in [0.1, 0.15) is 6.42 Å². The van der Waals surface area contributed by atoms with Crippen molar-refractivity contribution in [2.45, 2.75) is 12.5 Å². The molecule has 2 fully saturated rings. The first kappa shape index (κ1) is 17.2. The van der Waals surface area contributed by atoms with Crippen molar-refractivity contribution in [3.05, 3.63) is 35.6 Å². The summed E-state index contributed by atoms with van der Waals surface area (Å²) in [5.74, 6) is -1.69. The minimum Gasteiger partial charge on any atom is -0.478 e. The van der Waals surface area contributed by atoms with Crippen molar-refractivity contribution >= 4 is 29.2 Å². The number of nitrogens with one attached hydrogen (secondary N) is 1. The highest BCUT2D eigenvalue weighted by atomic mass is 35.5. The number of carbonyl (C=O) groups is 2. The van der Waals surface area contributed by atoms with Crippen LogP contribution in [-0.4, -0.2) is 52.8 Å². The van der Waals surface area contributed by atoms with E-state index in [1.807, 2.05) is 12.3 Å². The fourth-order valence-corrected chi connectivity index (χ4v) is 2.96. The Morgan fingerprint density at radius 1 is 1.26 bits per heavy atom. The molecule has 0 aromatic carbocycles. The Morgan fingerprint density at radius 3 is 2.52 bits per heavy atom. The fraction of sp³-hybridized carbons (Fsp3) is 0.400. The van der Waals surface area contributed by atoms with Crippen molar-refractivity contribution in [2.75, 3.05) is 24.5 Å². The average Bonchev–Trinajstić information content (AvgIpc) is 3.10. The molecule has 8 heteroatoms. The van der Waals surface area contributed by atoms with E-state index < -0.39 is 11.9 Å². The Kier molecular flexibility index (Phi) is 5.95. The van der Waals surface area contributed by atoms with Gasteiger partial charge in [-0.3, -0.25) is 0 Å². The standard InChI is InChI=1S/C11H14ClN3.C4H4O4/c12-11-2-1-9(6-14-11)15-4-3-8-5-13-7-10(8)15;5-3(6)1-2-4(7)8/h1-2,6,8,10,13H,3-5,7H2;1-2H,(H,5,6)(H,7,8)/b;2-1+/t8-,10+;/m0./s1. The summed E-state index contributed by atoms with van der Waals surface area (Å²) in [6, 6.07) is 4.59. The van der Waals surface area contributed by atoms with E-state index in [2.05, 4.69) is 21.3 Å². The average molecular weight is 340 g/mol. The zero-order chi connectivity index (χ0) is 16.8. The van der Waals surface area contributed by atoms with Crippen molar-refractivity contribution in [1.82, 2.24) is 10.3 Å². The van der Waals surface area contributed by atoms with Crippen LogP contribution in [0.5, 0.6) is 0 Å². The van der Waals surface area contributed by atoms with E-state index in [4.69, 9.17) is 21.8 Å². The molecule has 0 amide bonds. The molecule has 0 aliphatic carbocycles. The number of hydrogen-bond acceptors (Lipinski definition) is 5. The normalized spacial score (nSPS) is 22.6. The molecule has 2 saturated heterocycles. The molecule has 0 saturated carbocycles. The summed E-state index contributed by atoms with van der Waals surface area (Å²) in [6.07, 6.45) is 4.29. The lowest BCUT2D eigenvalue weighted by Gasteiger charge is -2.25. The molecule has 0 bridgehead atoms. The summed E-state index contributed by atoms with van der Waals surface area (Å²) in [6.45, 7) is 3.43. The van der Waals surface area contributed by atoms with Crippen molar-refractivity contribution in [1.29, 1.82) is 0 Å². The van der Waals surface area contributed by atoms with Gasteiger partial charge >= 0.3 is 11.9 Å². The second-order valence-electron chi connectivity index (χ2n) is 5.32. The molecule has 2 aliphatic heterocycles. The first-order valence-corrected chi connectivity index (χ1v) is 7.58. The molecule has 2 aliphatic rings. The highest BCUT2D eigenvalue weighted by molar-refractivity contribution is 6.29. The van der Waals surface area contributed by atoms with E-state index in [9.17, 15) is 9.59 Å². The summed E-state index contributed by atoms with van der Waals surface area (Å²) in [5, 5.41) is 19.6. The SMILES string of the molecule is Clc1ccc(N2CC[C@H]3CNC[C@H]32)cn1.O=C(O)/C=C/C(=O)O. The van der Waals surface area contributed by atoms with Crippen LogP contribution in [0.25, 0.3) is 0 Å². The van der Waals surface area contributed by atoms with Gasteiger partial charge in [0.05, 0.1) is 11.9 Å². The number of nitrogens with zero attached hydrogens (tertiary/aromatic N) is 2. The number of pyridine rings is 1. The van der Waals surface area contributed by atoms with Crippen molar-refractivity contribution < 1.29 is 19.8 Å². The zero-order valence-corrected chi connectivity index (χ0v) is 13.1. The lowest BCUT2D eigenvalue weighted by molar-refractivity contribution is -0.134. The van der Waals surface area contributed by atoms with Gasteiger partial charge in [0, 0.05) is 37.8 Å². The number of aromatic nitrogens is 1. The minimum atomic E-state index is -1.26. The summed E-state index contributed by atoms with van der Waals surface area (Å²) in [5.41, 5.74) is 1.20. The smallest absolute Gasteiger partial charge is 0.328 e. The minimum absolute atomic E-state index is 0.558. The number of aliphatic carboxylic acids is 2. The third-order valence-electron chi connectivity index (χ3n) is 3.86. The molecule has 3 N–H and O–H groups in total. The van der Waals surface area contributed by atoms with E-state index in [1.54, 1.807) is 0 Å². The highest BCUT2D eigenvalue weighted by Crippen LogP contribution is 2.31. The van der Waals surface area contributed by atoms with E-state index in [-0.39, 0.29) is 0 Å². The predicted octanol–water partition coefficient (Wildman–Crippen LogP) is 1.24. The molecular weight excluding hydrogens is 322 g/mol. The van der Waals surface area contributed by atoms with Crippen LogP contribution in [0.4, 0.5) is 5.69 Å². The molecule has 7 nitrogen and oxygen atoms in total. The van der Waals surface area contributed by atoms with Gasteiger partial charge in [0.15, 0.2) is 0 Å². The van der Waals surface area contributed by atoms with E-state index >= 15 is 0 Å². The number of carboxylic acids is 2. The summed E-state index contributed by atoms with van der Waals surface area (Å²) >= 11 is 5.79. The van der Waals surface area contributed by atoms with Gasteiger partial charge in [0.1, 0.15) is 5.15 Å².